The normalized spacial score (nSPS) is 18.1. The van der Waals surface area contributed by atoms with Gasteiger partial charge in [0.25, 0.3) is 5.89 Å². The Morgan fingerprint density at radius 3 is 2.71 bits per heavy atom. The third-order valence-corrected chi connectivity index (χ3v) is 7.35. The van der Waals surface area contributed by atoms with Crippen LogP contribution in [-0.4, -0.2) is 56.9 Å². The molecular weight excluding hydrogens is 428 g/mol. The number of nitrogens with zero attached hydrogens (tertiary/aromatic N) is 5. The Labute approximate surface area is 200 Å². The van der Waals surface area contributed by atoms with Crippen molar-refractivity contribution in [3.05, 3.63) is 40.1 Å². The van der Waals surface area contributed by atoms with Gasteiger partial charge in [-0.05, 0) is 73.8 Å². The zero-order chi connectivity index (χ0) is 24.0. The van der Waals surface area contributed by atoms with Gasteiger partial charge in [0.05, 0.1) is 6.54 Å². The SMILES string of the molecule is Cc1cc(-c2noc(-c3nn(C)c4c3CCC(C)(C)C4)n2)cc(C)c1CCN1CCNC(=O)C1. The van der Waals surface area contributed by atoms with E-state index in [1.54, 1.807) is 0 Å². The van der Waals surface area contributed by atoms with Crippen LogP contribution >= 0.6 is 0 Å². The third-order valence-electron chi connectivity index (χ3n) is 7.35. The van der Waals surface area contributed by atoms with Crippen molar-refractivity contribution in [3.8, 4) is 23.0 Å². The summed E-state index contributed by atoms with van der Waals surface area (Å²) >= 11 is 0. The number of carbonyl (C=O) groups is 1. The predicted octanol–water partition coefficient (Wildman–Crippen LogP) is 3.24. The fourth-order valence-electron chi connectivity index (χ4n) is 5.37. The topological polar surface area (TPSA) is 89.1 Å². The minimum atomic E-state index is 0.112. The van der Waals surface area contributed by atoms with Crippen LogP contribution in [0.25, 0.3) is 23.0 Å². The number of benzene rings is 1. The molecule has 1 aromatic carbocycles. The number of aromatic nitrogens is 4. The molecule has 0 bridgehead atoms. The molecule has 1 aliphatic heterocycles. The lowest BCUT2D eigenvalue weighted by atomic mass is 9.76. The van der Waals surface area contributed by atoms with E-state index >= 15 is 0 Å². The first-order valence-corrected chi connectivity index (χ1v) is 12.2. The Bertz CT molecular complexity index is 1220. The minimum Gasteiger partial charge on any atom is -0.354 e. The fourth-order valence-corrected chi connectivity index (χ4v) is 5.37. The lowest BCUT2D eigenvalue weighted by Crippen LogP contribution is -2.48. The van der Waals surface area contributed by atoms with Gasteiger partial charge in [0.1, 0.15) is 0 Å². The standard InChI is InChI=1S/C26H34N6O2/c1-16-12-18(13-17(2)19(16)7-10-32-11-9-27-22(33)15-32)24-28-25(34-30-24)23-20-6-8-26(3,4)14-21(20)31(5)29-23/h12-13H,6-11,14-15H2,1-5H3,(H,27,33). The molecule has 0 radical (unpaired) electrons. The second-order valence-electron chi connectivity index (χ2n) is 10.6. The maximum atomic E-state index is 11.7. The number of hydrogen-bond donors (Lipinski definition) is 1. The summed E-state index contributed by atoms with van der Waals surface area (Å²) in [6, 6.07) is 4.27. The molecule has 3 aromatic rings. The average molecular weight is 463 g/mol. The van der Waals surface area contributed by atoms with Crippen molar-refractivity contribution in [1.82, 2.24) is 30.1 Å². The first-order valence-electron chi connectivity index (χ1n) is 12.2. The zero-order valence-corrected chi connectivity index (χ0v) is 20.9. The molecule has 8 nitrogen and oxygen atoms in total. The number of amides is 1. The van der Waals surface area contributed by atoms with Crippen molar-refractivity contribution >= 4 is 5.91 Å². The lowest BCUT2D eigenvalue weighted by Gasteiger charge is -2.29. The van der Waals surface area contributed by atoms with Crippen LogP contribution < -0.4 is 5.32 Å². The van der Waals surface area contributed by atoms with Gasteiger partial charge in [-0.15, -0.1) is 0 Å². The summed E-state index contributed by atoms with van der Waals surface area (Å²) in [6.45, 7) is 11.9. The number of fused-ring (bicyclic) bond motifs is 1. The van der Waals surface area contributed by atoms with Crippen molar-refractivity contribution in [1.29, 1.82) is 0 Å². The molecule has 180 valence electrons. The van der Waals surface area contributed by atoms with Crippen molar-refractivity contribution in [3.63, 3.8) is 0 Å². The summed E-state index contributed by atoms with van der Waals surface area (Å²) in [5.41, 5.74) is 8.31. The number of rotatable bonds is 5. The number of carbonyl (C=O) groups excluding carboxylic acids is 1. The quantitative estimate of drug-likeness (QED) is 0.626. The van der Waals surface area contributed by atoms with Crippen LogP contribution in [0.3, 0.4) is 0 Å². The van der Waals surface area contributed by atoms with Gasteiger partial charge in [-0.3, -0.25) is 14.4 Å². The molecule has 0 spiro atoms. The van der Waals surface area contributed by atoms with Gasteiger partial charge in [0.2, 0.25) is 11.7 Å². The van der Waals surface area contributed by atoms with Crippen molar-refractivity contribution < 1.29 is 9.32 Å². The van der Waals surface area contributed by atoms with E-state index in [9.17, 15) is 4.79 Å². The Hall–Kier alpha value is -3.00. The van der Waals surface area contributed by atoms with Crippen LogP contribution in [0.5, 0.6) is 0 Å². The van der Waals surface area contributed by atoms with Crippen LogP contribution in [0.4, 0.5) is 0 Å². The molecule has 1 fully saturated rings. The summed E-state index contributed by atoms with van der Waals surface area (Å²) in [5.74, 6) is 1.20. The highest BCUT2D eigenvalue weighted by molar-refractivity contribution is 5.78. The molecule has 34 heavy (non-hydrogen) atoms. The Balaban J connectivity index is 1.36. The molecule has 3 heterocycles. The van der Waals surface area contributed by atoms with Crippen LogP contribution in [-0.2, 0) is 31.1 Å². The first-order chi connectivity index (χ1) is 16.2. The molecule has 2 aromatic heterocycles. The first kappa shape index (κ1) is 22.8. The maximum absolute atomic E-state index is 11.7. The maximum Gasteiger partial charge on any atom is 0.279 e. The molecule has 1 N–H and O–H groups in total. The molecule has 1 saturated heterocycles. The smallest absolute Gasteiger partial charge is 0.279 e. The summed E-state index contributed by atoms with van der Waals surface area (Å²) in [4.78, 5) is 18.6. The van der Waals surface area contributed by atoms with Crippen molar-refractivity contribution in [2.75, 3.05) is 26.2 Å². The van der Waals surface area contributed by atoms with Gasteiger partial charge in [0, 0.05) is 43.5 Å². The van der Waals surface area contributed by atoms with E-state index in [0.717, 1.165) is 56.6 Å². The van der Waals surface area contributed by atoms with E-state index in [-0.39, 0.29) is 11.3 Å². The van der Waals surface area contributed by atoms with Gasteiger partial charge in [-0.2, -0.15) is 10.1 Å². The summed E-state index contributed by atoms with van der Waals surface area (Å²) in [5, 5.41) is 11.9. The van der Waals surface area contributed by atoms with Gasteiger partial charge < -0.3 is 9.84 Å². The van der Waals surface area contributed by atoms with E-state index in [1.807, 2.05) is 11.7 Å². The molecular formula is C26H34N6O2. The van der Waals surface area contributed by atoms with Gasteiger partial charge in [-0.25, -0.2) is 0 Å². The average Bonchev–Trinajstić information content (AvgIpc) is 3.37. The monoisotopic (exact) mass is 462 g/mol. The largest absolute Gasteiger partial charge is 0.354 e. The van der Waals surface area contributed by atoms with Crippen LogP contribution in [0.1, 0.15) is 48.2 Å². The highest BCUT2D eigenvalue weighted by Crippen LogP contribution is 2.38. The molecule has 1 aliphatic carbocycles. The number of nitrogens with one attached hydrogen (secondary N) is 1. The molecule has 2 aliphatic rings. The predicted molar refractivity (Wildman–Crippen MR) is 130 cm³/mol. The van der Waals surface area contributed by atoms with Crippen molar-refractivity contribution in [2.24, 2.45) is 12.5 Å². The molecule has 0 unspecified atom stereocenters. The fraction of sp³-hybridized carbons (Fsp3) is 0.538. The number of piperazine rings is 1. The highest BCUT2D eigenvalue weighted by Gasteiger charge is 2.32. The molecule has 5 rings (SSSR count). The minimum absolute atomic E-state index is 0.112. The summed E-state index contributed by atoms with van der Waals surface area (Å²) < 4.78 is 7.68. The van der Waals surface area contributed by atoms with Crippen LogP contribution in [0, 0.1) is 19.3 Å². The second-order valence-corrected chi connectivity index (χ2v) is 10.6. The van der Waals surface area contributed by atoms with Crippen LogP contribution in [0.15, 0.2) is 16.7 Å². The number of aryl methyl sites for hydroxylation is 3. The molecule has 8 heteroatoms. The lowest BCUT2D eigenvalue weighted by molar-refractivity contribution is -0.124. The Kier molecular flexibility index (Phi) is 5.80. The molecule has 1 amide bonds. The highest BCUT2D eigenvalue weighted by atomic mass is 16.5. The van der Waals surface area contributed by atoms with Crippen LogP contribution in [0.2, 0.25) is 0 Å². The summed E-state index contributed by atoms with van der Waals surface area (Å²) in [6.07, 6.45) is 4.03. The number of hydrogen-bond acceptors (Lipinski definition) is 6. The van der Waals surface area contributed by atoms with Gasteiger partial charge >= 0.3 is 0 Å². The van der Waals surface area contributed by atoms with E-state index in [4.69, 9.17) is 14.6 Å². The van der Waals surface area contributed by atoms with Gasteiger partial charge in [0.15, 0.2) is 5.69 Å². The van der Waals surface area contributed by atoms with E-state index in [1.165, 1.54) is 27.9 Å². The second kappa shape index (κ2) is 8.65. The van der Waals surface area contributed by atoms with Gasteiger partial charge in [-0.1, -0.05) is 19.0 Å². The van der Waals surface area contributed by atoms with E-state index in [0.29, 0.717) is 18.3 Å². The van der Waals surface area contributed by atoms with E-state index < -0.39 is 0 Å². The Morgan fingerprint density at radius 2 is 1.97 bits per heavy atom. The van der Waals surface area contributed by atoms with E-state index in [2.05, 4.69) is 55.2 Å². The van der Waals surface area contributed by atoms with Crippen molar-refractivity contribution in [2.45, 2.75) is 53.4 Å². The summed E-state index contributed by atoms with van der Waals surface area (Å²) in [7, 11) is 2.00. The Morgan fingerprint density at radius 1 is 1.21 bits per heavy atom. The molecule has 0 atom stereocenters. The molecule has 0 saturated carbocycles. The zero-order valence-electron chi connectivity index (χ0n) is 20.9. The third kappa shape index (κ3) is 4.39.